The van der Waals surface area contributed by atoms with Gasteiger partial charge in [0.2, 0.25) is 0 Å². The number of hydrogen-bond acceptors (Lipinski definition) is 5. The number of anilines is 1. The number of alkyl halides is 3. The number of nitrogens with one attached hydrogen (secondary N) is 1. The van der Waals surface area contributed by atoms with E-state index in [9.17, 15) is 22.8 Å². The smallest absolute Gasteiger partial charge is 0.416 e. The van der Waals surface area contributed by atoms with E-state index in [1.165, 1.54) is 62.8 Å². The van der Waals surface area contributed by atoms with E-state index in [0.29, 0.717) is 5.69 Å². The molecule has 192 valence electrons. The SMILES string of the molecule is CON(C)C(=O)c1cc(Oc2ccc3c(cc(C)n3C(=O)Nc3cccc(C(F)(F)F)c3)c2F)ccn1. The Morgan fingerprint density at radius 1 is 1.08 bits per heavy atom. The molecular formula is C25H20F4N4O4. The lowest BCUT2D eigenvalue weighted by Crippen LogP contribution is -2.26. The summed E-state index contributed by atoms with van der Waals surface area (Å²) in [5.41, 5.74) is -0.448. The number of carbonyl (C=O) groups excluding carboxylic acids is 2. The Labute approximate surface area is 208 Å². The van der Waals surface area contributed by atoms with Crippen LogP contribution in [0.4, 0.5) is 28.0 Å². The normalized spacial score (nSPS) is 11.4. The largest absolute Gasteiger partial charge is 0.454 e. The Kier molecular flexibility index (Phi) is 6.86. The molecule has 1 N–H and O–H groups in total. The summed E-state index contributed by atoms with van der Waals surface area (Å²) in [5.74, 6) is -1.35. The third-order valence-corrected chi connectivity index (χ3v) is 5.45. The van der Waals surface area contributed by atoms with Crippen molar-refractivity contribution in [3.05, 3.63) is 83.6 Å². The third kappa shape index (κ3) is 5.23. The van der Waals surface area contributed by atoms with Crippen molar-refractivity contribution in [2.75, 3.05) is 19.5 Å². The monoisotopic (exact) mass is 516 g/mol. The maximum absolute atomic E-state index is 15.4. The van der Waals surface area contributed by atoms with Gasteiger partial charge in [-0.3, -0.25) is 19.2 Å². The molecule has 0 fully saturated rings. The molecule has 8 nitrogen and oxygen atoms in total. The van der Waals surface area contributed by atoms with Crippen LogP contribution in [0.5, 0.6) is 11.5 Å². The van der Waals surface area contributed by atoms with Crippen molar-refractivity contribution in [3.63, 3.8) is 0 Å². The molecule has 0 atom stereocenters. The number of aryl methyl sites for hydroxylation is 1. The minimum absolute atomic E-state index is 0.0107. The summed E-state index contributed by atoms with van der Waals surface area (Å²) in [6.07, 6.45) is -3.25. The first-order valence-electron chi connectivity index (χ1n) is 10.7. The second kappa shape index (κ2) is 9.90. The van der Waals surface area contributed by atoms with Gasteiger partial charge < -0.3 is 10.1 Å². The first-order valence-corrected chi connectivity index (χ1v) is 10.7. The molecule has 0 aliphatic heterocycles. The maximum atomic E-state index is 15.4. The van der Waals surface area contributed by atoms with E-state index >= 15 is 4.39 Å². The zero-order valence-electron chi connectivity index (χ0n) is 19.8. The van der Waals surface area contributed by atoms with Crippen molar-refractivity contribution in [1.29, 1.82) is 0 Å². The molecule has 2 aromatic heterocycles. The highest BCUT2D eigenvalue weighted by atomic mass is 19.4. The number of pyridine rings is 1. The van der Waals surface area contributed by atoms with Crippen LogP contribution in [0.3, 0.4) is 0 Å². The Balaban J connectivity index is 1.62. The highest BCUT2D eigenvalue weighted by Crippen LogP contribution is 2.33. The van der Waals surface area contributed by atoms with Crippen LogP contribution >= 0.6 is 0 Å². The van der Waals surface area contributed by atoms with Gasteiger partial charge in [0, 0.05) is 36.1 Å². The molecule has 0 aliphatic carbocycles. The number of nitrogens with zero attached hydrogens (tertiary/aromatic N) is 3. The van der Waals surface area contributed by atoms with Crippen molar-refractivity contribution in [2.24, 2.45) is 0 Å². The van der Waals surface area contributed by atoms with E-state index in [-0.39, 0.29) is 33.8 Å². The van der Waals surface area contributed by atoms with Gasteiger partial charge in [0.1, 0.15) is 11.4 Å². The molecular weight excluding hydrogens is 496 g/mol. The minimum Gasteiger partial charge on any atom is -0.454 e. The van der Waals surface area contributed by atoms with Crippen LogP contribution in [0.25, 0.3) is 10.9 Å². The van der Waals surface area contributed by atoms with Crippen molar-refractivity contribution < 1.29 is 36.7 Å². The summed E-state index contributed by atoms with van der Waals surface area (Å²) in [6, 6.07) is 10.3. The number of benzene rings is 2. The zero-order chi connectivity index (χ0) is 26.9. The summed E-state index contributed by atoms with van der Waals surface area (Å²) in [6.45, 7) is 1.55. The van der Waals surface area contributed by atoms with Gasteiger partial charge in [0.25, 0.3) is 5.91 Å². The Bertz CT molecular complexity index is 1500. The van der Waals surface area contributed by atoms with Gasteiger partial charge in [-0.05, 0) is 49.4 Å². The van der Waals surface area contributed by atoms with E-state index in [1.807, 2.05) is 0 Å². The van der Waals surface area contributed by atoms with Crippen LogP contribution in [-0.4, -0.2) is 40.7 Å². The number of ether oxygens (including phenoxy) is 1. The molecule has 4 rings (SSSR count). The molecule has 37 heavy (non-hydrogen) atoms. The average Bonchev–Trinajstić information content (AvgIpc) is 3.21. The first kappa shape index (κ1) is 25.6. The van der Waals surface area contributed by atoms with E-state index < -0.39 is 29.5 Å². The van der Waals surface area contributed by atoms with Crippen molar-refractivity contribution in [1.82, 2.24) is 14.6 Å². The van der Waals surface area contributed by atoms with Crippen molar-refractivity contribution in [2.45, 2.75) is 13.1 Å². The van der Waals surface area contributed by atoms with Crippen LogP contribution in [0.1, 0.15) is 21.7 Å². The molecule has 0 bridgehead atoms. The second-order valence-corrected chi connectivity index (χ2v) is 7.90. The van der Waals surface area contributed by atoms with Gasteiger partial charge in [-0.1, -0.05) is 6.07 Å². The molecule has 2 amide bonds. The number of fused-ring (bicyclic) bond motifs is 1. The van der Waals surface area contributed by atoms with Crippen LogP contribution in [0.2, 0.25) is 0 Å². The van der Waals surface area contributed by atoms with Gasteiger partial charge in [-0.2, -0.15) is 13.2 Å². The van der Waals surface area contributed by atoms with Crippen molar-refractivity contribution >= 4 is 28.5 Å². The Morgan fingerprint density at radius 3 is 2.54 bits per heavy atom. The lowest BCUT2D eigenvalue weighted by Gasteiger charge is -2.14. The van der Waals surface area contributed by atoms with E-state index in [2.05, 4.69) is 10.3 Å². The standard InChI is InChI=1S/C25H20F4N4O4/c1-14-11-18-20(33(14)24(35)31-16-6-4-5-15(12-16)25(27,28)29)7-8-21(22(18)26)37-17-9-10-30-19(13-17)23(34)32(2)36-3/h4-13H,1-3H3,(H,31,35). The number of amides is 2. The number of rotatable bonds is 5. The summed E-state index contributed by atoms with van der Waals surface area (Å²) in [4.78, 5) is 33.9. The summed E-state index contributed by atoms with van der Waals surface area (Å²) >= 11 is 0. The number of halogens is 4. The zero-order valence-corrected chi connectivity index (χ0v) is 19.8. The average molecular weight is 516 g/mol. The molecule has 0 unspecified atom stereocenters. The quantitative estimate of drug-likeness (QED) is 0.260. The van der Waals surface area contributed by atoms with Gasteiger partial charge in [0.05, 0.1) is 18.2 Å². The topological polar surface area (TPSA) is 85.7 Å². The summed E-state index contributed by atoms with van der Waals surface area (Å²) < 4.78 is 61.1. The molecule has 0 radical (unpaired) electrons. The van der Waals surface area contributed by atoms with Crippen LogP contribution in [0, 0.1) is 12.7 Å². The minimum atomic E-state index is -4.57. The first-order chi connectivity index (χ1) is 17.5. The van der Waals surface area contributed by atoms with Crippen LogP contribution < -0.4 is 10.1 Å². The molecule has 0 aliphatic rings. The summed E-state index contributed by atoms with van der Waals surface area (Å²) in [7, 11) is 2.72. The molecule has 0 spiro atoms. The van der Waals surface area contributed by atoms with E-state index in [4.69, 9.17) is 9.57 Å². The summed E-state index contributed by atoms with van der Waals surface area (Å²) in [5, 5.41) is 3.43. The van der Waals surface area contributed by atoms with Gasteiger partial charge in [-0.25, -0.2) is 14.2 Å². The highest BCUT2D eigenvalue weighted by Gasteiger charge is 2.30. The molecule has 2 aromatic carbocycles. The molecule has 0 saturated heterocycles. The fraction of sp³-hybridized carbons (Fsp3) is 0.160. The number of carbonyl (C=O) groups is 2. The van der Waals surface area contributed by atoms with Gasteiger partial charge >= 0.3 is 12.2 Å². The Hall–Kier alpha value is -4.45. The lowest BCUT2D eigenvalue weighted by molar-refractivity contribution is -0.137. The van der Waals surface area contributed by atoms with Crippen LogP contribution in [-0.2, 0) is 11.0 Å². The predicted molar refractivity (Wildman–Crippen MR) is 126 cm³/mol. The highest BCUT2D eigenvalue weighted by molar-refractivity contribution is 6.00. The van der Waals surface area contributed by atoms with Crippen molar-refractivity contribution in [3.8, 4) is 11.5 Å². The molecule has 2 heterocycles. The van der Waals surface area contributed by atoms with Crippen LogP contribution in [0.15, 0.2) is 60.8 Å². The molecule has 12 heteroatoms. The fourth-order valence-electron chi connectivity index (χ4n) is 3.62. The van der Waals surface area contributed by atoms with Gasteiger partial charge in [0.15, 0.2) is 11.6 Å². The number of hydroxylamine groups is 2. The number of hydrogen-bond donors (Lipinski definition) is 1. The molecule has 4 aromatic rings. The second-order valence-electron chi connectivity index (χ2n) is 7.90. The third-order valence-electron chi connectivity index (χ3n) is 5.45. The predicted octanol–water partition coefficient (Wildman–Crippen LogP) is 6.01. The number of aromatic nitrogens is 2. The maximum Gasteiger partial charge on any atom is 0.416 e. The fourth-order valence-corrected chi connectivity index (χ4v) is 3.62. The molecule has 0 saturated carbocycles. The Morgan fingerprint density at radius 2 is 1.84 bits per heavy atom. The van der Waals surface area contributed by atoms with E-state index in [1.54, 1.807) is 6.92 Å². The lowest BCUT2D eigenvalue weighted by atomic mass is 10.2. The van der Waals surface area contributed by atoms with E-state index in [0.717, 1.165) is 21.8 Å². The van der Waals surface area contributed by atoms with Gasteiger partial charge in [-0.15, -0.1) is 0 Å².